The van der Waals surface area contributed by atoms with Gasteiger partial charge in [-0.2, -0.15) is 9.29 Å². The van der Waals surface area contributed by atoms with Gasteiger partial charge in [-0.15, -0.1) is 0 Å². The summed E-state index contributed by atoms with van der Waals surface area (Å²) >= 11 is 0. The number of carbonyl (C=O) groups is 1. The van der Waals surface area contributed by atoms with Crippen LogP contribution in [0.5, 0.6) is 11.6 Å². The van der Waals surface area contributed by atoms with Crippen molar-refractivity contribution in [3.05, 3.63) is 48.2 Å². The molecule has 0 amide bonds. The van der Waals surface area contributed by atoms with Crippen molar-refractivity contribution in [3.8, 4) is 11.6 Å². The fourth-order valence-electron chi connectivity index (χ4n) is 4.24. The average Bonchev–Trinajstić information content (AvgIpc) is 3.12. The molecule has 0 aliphatic carbocycles. The van der Waals surface area contributed by atoms with Gasteiger partial charge in [0.1, 0.15) is 17.7 Å². The quantitative estimate of drug-likeness (QED) is 0.546. The van der Waals surface area contributed by atoms with E-state index in [0.717, 1.165) is 17.2 Å². The molecule has 170 valence electrons. The molecule has 0 radical (unpaired) electrons. The molecule has 9 heteroatoms. The summed E-state index contributed by atoms with van der Waals surface area (Å²) in [5.41, 5.74) is 1.59. The first kappa shape index (κ1) is 22.3. The summed E-state index contributed by atoms with van der Waals surface area (Å²) in [6.07, 6.45) is 4.03. The number of nitrogens with zero attached hydrogens (tertiary/aromatic N) is 3. The third kappa shape index (κ3) is 4.35. The summed E-state index contributed by atoms with van der Waals surface area (Å²) < 4.78 is 35.1. The number of hydrogen-bond donors (Lipinski definition) is 1. The van der Waals surface area contributed by atoms with Gasteiger partial charge in [0.25, 0.3) is 0 Å². The van der Waals surface area contributed by atoms with E-state index in [1.54, 1.807) is 34.9 Å². The predicted molar refractivity (Wildman–Crippen MR) is 120 cm³/mol. The van der Waals surface area contributed by atoms with Gasteiger partial charge in [-0.3, -0.25) is 0 Å². The smallest absolute Gasteiger partial charge is 0.243 e. The minimum absolute atomic E-state index is 0.0214. The number of aldehydes is 1. The number of hydrogen-bond acceptors (Lipinski definition) is 6. The van der Waals surface area contributed by atoms with Crippen LogP contribution < -0.4 is 4.74 Å². The van der Waals surface area contributed by atoms with Crippen molar-refractivity contribution in [2.75, 3.05) is 13.1 Å². The lowest BCUT2D eigenvalue weighted by atomic mass is 9.90. The van der Waals surface area contributed by atoms with E-state index in [2.05, 4.69) is 4.98 Å². The summed E-state index contributed by atoms with van der Waals surface area (Å²) in [4.78, 5) is 15.5. The highest BCUT2D eigenvalue weighted by molar-refractivity contribution is 7.89. The molecule has 2 aromatic heterocycles. The molecule has 1 N–H and O–H groups in total. The number of aromatic nitrogens is 2. The van der Waals surface area contributed by atoms with Crippen LogP contribution in [-0.2, 0) is 21.4 Å². The Hall–Kier alpha value is -2.91. The van der Waals surface area contributed by atoms with E-state index in [1.165, 1.54) is 10.4 Å². The molecular formula is C23H27N3O5S. The number of ether oxygens (including phenoxy) is 1. The summed E-state index contributed by atoms with van der Waals surface area (Å²) in [5.74, 6) is 0.689. The second-order valence-corrected chi connectivity index (χ2v) is 10.2. The Bertz CT molecular complexity index is 1210. The lowest BCUT2D eigenvalue weighted by Crippen LogP contribution is -2.37. The molecule has 0 spiro atoms. The Kier molecular flexibility index (Phi) is 6.21. The topological polar surface area (TPSA) is 102 Å². The molecule has 32 heavy (non-hydrogen) atoms. The Morgan fingerprint density at radius 2 is 1.84 bits per heavy atom. The van der Waals surface area contributed by atoms with Gasteiger partial charge in [-0.1, -0.05) is 0 Å². The van der Waals surface area contributed by atoms with Gasteiger partial charge in [0.15, 0.2) is 0 Å². The standard InChI is InChI=1S/C23H27N3O5S/c1-16(2)31-18-3-5-19(6-4-18)32(29,30)26-11-9-17(10-12-26)21-15-25(13-14-27)23-20(21)7-8-22(28)24-23/h3-8,14-17H,9-13H2,1-2H3,(H,24,28). The van der Waals surface area contributed by atoms with Crippen molar-refractivity contribution in [1.82, 2.24) is 13.9 Å². The number of pyridine rings is 1. The predicted octanol–water partition coefficient (Wildman–Crippen LogP) is 3.30. The van der Waals surface area contributed by atoms with Crippen LogP contribution in [0.25, 0.3) is 11.0 Å². The molecule has 0 bridgehead atoms. The molecule has 8 nitrogen and oxygen atoms in total. The fraction of sp³-hybridized carbons (Fsp3) is 0.391. The molecule has 4 rings (SSSR count). The van der Waals surface area contributed by atoms with Crippen LogP contribution in [-0.4, -0.2) is 52.9 Å². The van der Waals surface area contributed by atoms with Crippen LogP contribution in [0.15, 0.2) is 47.5 Å². The van der Waals surface area contributed by atoms with Crippen LogP contribution in [0, 0.1) is 0 Å². The first-order chi connectivity index (χ1) is 15.3. The van der Waals surface area contributed by atoms with Gasteiger partial charge in [-0.25, -0.2) is 8.42 Å². The SMILES string of the molecule is CC(C)Oc1ccc(S(=O)(=O)N2CCC(c3cn(CC=O)c4nc(O)ccc34)CC2)cc1. The number of aromatic hydroxyl groups is 1. The fourth-order valence-corrected chi connectivity index (χ4v) is 5.71. The van der Waals surface area contributed by atoms with Gasteiger partial charge < -0.3 is 19.2 Å². The van der Waals surface area contributed by atoms with E-state index >= 15 is 0 Å². The zero-order valence-corrected chi connectivity index (χ0v) is 19.0. The lowest BCUT2D eigenvalue weighted by Gasteiger charge is -2.31. The zero-order chi connectivity index (χ0) is 22.9. The monoisotopic (exact) mass is 457 g/mol. The lowest BCUT2D eigenvalue weighted by molar-refractivity contribution is -0.108. The van der Waals surface area contributed by atoms with Crippen molar-refractivity contribution in [1.29, 1.82) is 0 Å². The zero-order valence-electron chi connectivity index (χ0n) is 18.1. The normalized spacial score (nSPS) is 16.0. The highest BCUT2D eigenvalue weighted by atomic mass is 32.2. The first-order valence-electron chi connectivity index (χ1n) is 10.7. The van der Waals surface area contributed by atoms with Gasteiger partial charge in [0.05, 0.1) is 17.5 Å². The highest BCUT2D eigenvalue weighted by Gasteiger charge is 2.31. The third-order valence-electron chi connectivity index (χ3n) is 5.74. The summed E-state index contributed by atoms with van der Waals surface area (Å²) in [6, 6.07) is 9.88. The molecule has 0 atom stereocenters. The maximum atomic E-state index is 13.1. The van der Waals surface area contributed by atoms with Gasteiger partial charge in [0.2, 0.25) is 15.9 Å². The van der Waals surface area contributed by atoms with Crippen molar-refractivity contribution in [2.24, 2.45) is 0 Å². The van der Waals surface area contributed by atoms with E-state index in [1.807, 2.05) is 20.0 Å². The molecule has 1 aliphatic heterocycles. The average molecular weight is 458 g/mol. The minimum Gasteiger partial charge on any atom is -0.493 e. The third-order valence-corrected chi connectivity index (χ3v) is 7.65. The Balaban J connectivity index is 1.51. The number of carbonyl (C=O) groups excluding carboxylic acids is 1. The second-order valence-electron chi connectivity index (χ2n) is 8.26. The number of rotatable bonds is 7. The van der Waals surface area contributed by atoms with Crippen molar-refractivity contribution >= 4 is 27.3 Å². The maximum Gasteiger partial charge on any atom is 0.243 e. The molecular weight excluding hydrogens is 430 g/mol. The molecule has 1 aromatic carbocycles. The largest absolute Gasteiger partial charge is 0.493 e. The second kappa shape index (κ2) is 8.91. The van der Waals surface area contributed by atoms with Crippen molar-refractivity contribution < 1.29 is 23.1 Å². The van der Waals surface area contributed by atoms with Gasteiger partial charge in [-0.05, 0) is 68.5 Å². The number of sulfonamides is 1. The summed E-state index contributed by atoms with van der Waals surface area (Å²) in [6.45, 7) is 4.80. The van der Waals surface area contributed by atoms with Crippen LogP contribution in [0.3, 0.4) is 0 Å². The van der Waals surface area contributed by atoms with E-state index in [9.17, 15) is 18.3 Å². The number of fused-ring (bicyclic) bond motifs is 1. The Morgan fingerprint density at radius 1 is 1.16 bits per heavy atom. The van der Waals surface area contributed by atoms with E-state index in [-0.39, 0.29) is 29.3 Å². The van der Waals surface area contributed by atoms with Gasteiger partial charge in [0, 0.05) is 30.7 Å². The minimum atomic E-state index is -3.58. The maximum absolute atomic E-state index is 13.1. The Morgan fingerprint density at radius 3 is 2.47 bits per heavy atom. The molecule has 1 aliphatic rings. The van der Waals surface area contributed by atoms with Crippen LogP contribution in [0.1, 0.15) is 38.2 Å². The molecule has 3 heterocycles. The van der Waals surface area contributed by atoms with E-state index in [0.29, 0.717) is 37.3 Å². The van der Waals surface area contributed by atoms with Crippen LogP contribution >= 0.6 is 0 Å². The van der Waals surface area contributed by atoms with Crippen molar-refractivity contribution in [2.45, 2.75) is 50.2 Å². The Labute approximate surface area is 187 Å². The highest BCUT2D eigenvalue weighted by Crippen LogP contribution is 2.36. The summed E-state index contributed by atoms with van der Waals surface area (Å²) in [7, 11) is -3.58. The number of benzene rings is 1. The molecule has 0 unspecified atom stereocenters. The van der Waals surface area contributed by atoms with E-state index < -0.39 is 10.0 Å². The van der Waals surface area contributed by atoms with E-state index in [4.69, 9.17) is 4.74 Å². The molecule has 0 saturated carbocycles. The van der Waals surface area contributed by atoms with Crippen LogP contribution in [0.2, 0.25) is 0 Å². The summed E-state index contributed by atoms with van der Waals surface area (Å²) in [5, 5.41) is 10.6. The number of piperidine rings is 1. The van der Waals surface area contributed by atoms with Crippen LogP contribution in [0.4, 0.5) is 0 Å². The molecule has 1 fully saturated rings. The first-order valence-corrected chi connectivity index (χ1v) is 12.1. The molecule has 1 saturated heterocycles. The van der Waals surface area contributed by atoms with Crippen molar-refractivity contribution in [3.63, 3.8) is 0 Å². The van der Waals surface area contributed by atoms with Gasteiger partial charge >= 0.3 is 0 Å². The molecule has 3 aromatic rings.